The zero-order valence-electron chi connectivity index (χ0n) is 12.7. The van der Waals surface area contributed by atoms with Gasteiger partial charge in [-0.25, -0.2) is 0 Å². The minimum atomic E-state index is -0.240. The standard InChI is InChI=1S/C16H23NO3/c1-12-10-17(16(2,3)11-20-12)15(18)9-13-5-7-14(19-4)8-6-13/h5-8,12H,9-11H2,1-4H3/t12-/m0/s1. The van der Waals surface area contributed by atoms with Crippen molar-refractivity contribution < 1.29 is 14.3 Å². The quantitative estimate of drug-likeness (QED) is 0.850. The predicted octanol–water partition coefficient (Wildman–Crippen LogP) is 2.26. The summed E-state index contributed by atoms with van der Waals surface area (Å²) in [6.07, 6.45) is 0.517. The lowest BCUT2D eigenvalue weighted by Gasteiger charge is -2.44. The van der Waals surface area contributed by atoms with Crippen LogP contribution in [0, 0.1) is 0 Å². The highest BCUT2D eigenvalue weighted by atomic mass is 16.5. The van der Waals surface area contributed by atoms with E-state index in [2.05, 4.69) is 0 Å². The van der Waals surface area contributed by atoms with Gasteiger partial charge in [0.05, 0.1) is 31.8 Å². The van der Waals surface area contributed by atoms with Crippen LogP contribution < -0.4 is 4.74 Å². The van der Waals surface area contributed by atoms with Gasteiger partial charge in [-0.3, -0.25) is 4.79 Å². The lowest BCUT2D eigenvalue weighted by molar-refractivity contribution is -0.152. The van der Waals surface area contributed by atoms with Crippen LogP contribution in [0.4, 0.5) is 0 Å². The Bertz CT molecular complexity index is 467. The van der Waals surface area contributed by atoms with E-state index in [9.17, 15) is 4.79 Å². The summed E-state index contributed by atoms with van der Waals surface area (Å²) in [4.78, 5) is 14.5. The van der Waals surface area contributed by atoms with Crippen molar-refractivity contribution in [2.24, 2.45) is 0 Å². The molecule has 110 valence electrons. The van der Waals surface area contributed by atoms with E-state index >= 15 is 0 Å². The number of benzene rings is 1. The van der Waals surface area contributed by atoms with Crippen LogP contribution in [0.2, 0.25) is 0 Å². The average Bonchev–Trinajstić information content (AvgIpc) is 2.42. The highest BCUT2D eigenvalue weighted by Gasteiger charge is 2.36. The van der Waals surface area contributed by atoms with E-state index in [1.54, 1.807) is 7.11 Å². The Morgan fingerprint density at radius 1 is 1.40 bits per heavy atom. The number of ether oxygens (including phenoxy) is 2. The Hall–Kier alpha value is -1.55. The molecule has 20 heavy (non-hydrogen) atoms. The lowest BCUT2D eigenvalue weighted by atomic mass is 9.99. The molecule has 1 fully saturated rings. The molecule has 1 saturated heterocycles. The Labute approximate surface area is 120 Å². The molecule has 0 spiro atoms. The Morgan fingerprint density at radius 2 is 2.05 bits per heavy atom. The van der Waals surface area contributed by atoms with E-state index < -0.39 is 0 Å². The first-order valence-electron chi connectivity index (χ1n) is 6.97. The minimum Gasteiger partial charge on any atom is -0.497 e. The second-order valence-electron chi connectivity index (χ2n) is 5.96. The van der Waals surface area contributed by atoms with E-state index in [-0.39, 0.29) is 17.6 Å². The Balaban J connectivity index is 2.06. The summed E-state index contributed by atoms with van der Waals surface area (Å²) in [6, 6.07) is 7.65. The number of hydrogen-bond donors (Lipinski definition) is 0. The summed E-state index contributed by atoms with van der Waals surface area (Å²) in [7, 11) is 1.64. The van der Waals surface area contributed by atoms with Gasteiger partial charge >= 0.3 is 0 Å². The average molecular weight is 277 g/mol. The van der Waals surface area contributed by atoms with Gasteiger partial charge in [-0.1, -0.05) is 12.1 Å². The van der Waals surface area contributed by atoms with Crippen molar-refractivity contribution >= 4 is 5.91 Å². The number of methoxy groups -OCH3 is 1. The molecule has 0 unspecified atom stereocenters. The first-order valence-corrected chi connectivity index (χ1v) is 6.97. The smallest absolute Gasteiger partial charge is 0.227 e. The van der Waals surface area contributed by atoms with E-state index in [1.807, 2.05) is 49.9 Å². The second kappa shape index (κ2) is 5.83. The van der Waals surface area contributed by atoms with Crippen molar-refractivity contribution in [1.29, 1.82) is 0 Å². The highest BCUT2D eigenvalue weighted by Crippen LogP contribution is 2.23. The molecule has 0 N–H and O–H groups in total. The molecule has 0 saturated carbocycles. The van der Waals surface area contributed by atoms with Crippen LogP contribution in [-0.4, -0.2) is 42.7 Å². The van der Waals surface area contributed by atoms with Crippen LogP contribution in [0.3, 0.4) is 0 Å². The number of nitrogens with zero attached hydrogens (tertiary/aromatic N) is 1. The Morgan fingerprint density at radius 3 is 2.65 bits per heavy atom. The molecule has 2 rings (SSSR count). The highest BCUT2D eigenvalue weighted by molar-refractivity contribution is 5.79. The predicted molar refractivity (Wildman–Crippen MR) is 77.9 cm³/mol. The number of amides is 1. The van der Waals surface area contributed by atoms with Gasteiger partial charge in [0, 0.05) is 6.54 Å². The molecular weight excluding hydrogens is 254 g/mol. The molecule has 1 aromatic carbocycles. The lowest BCUT2D eigenvalue weighted by Crippen LogP contribution is -2.58. The Kier molecular flexibility index (Phi) is 4.33. The monoisotopic (exact) mass is 277 g/mol. The van der Waals surface area contributed by atoms with Gasteiger partial charge in [-0.15, -0.1) is 0 Å². The fraction of sp³-hybridized carbons (Fsp3) is 0.562. The summed E-state index contributed by atoms with van der Waals surface area (Å²) < 4.78 is 10.8. The van der Waals surface area contributed by atoms with Crippen LogP contribution in [0.15, 0.2) is 24.3 Å². The SMILES string of the molecule is COc1ccc(CC(=O)N2C[C@H](C)OCC2(C)C)cc1. The molecule has 1 aromatic rings. The van der Waals surface area contributed by atoms with Gasteiger partial charge in [0.25, 0.3) is 0 Å². The molecule has 1 aliphatic rings. The summed E-state index contributed by atoms with van der Waals surface area (Å²) in [5.74, 6) is 0.955. The van der Waals surface area contributed by atoms with Crippen molar-refractivity contribution in [3.05, 3.63) is 29.8 Å². The zero-order valence-corrected chi connectivity index (χ0v) is 12.7. The normalized spacial score (nSPS) is 21.6. The van der Waals surface area contributed by atoms with Crippen molar-refractivity contribution in [2.45, 2.75) is 38.8 Å². The molecule has 4 heteroatoms. The van der Waals surface area contributed by atoms with Gasteiger partial charge in [0.15, 0.2) is 0 Å². The summed E-state index contributed by atoms with van der Waals surface area (Å²) in [5, 5.41) is 0. The molecule has 1 heterocycles. The number of carbonyl (C=O) groups is 1. The van der Waals surface area contributed by atoms with E-state index in [1.165, 1.54) is 0 Å². The third-order valence-corrected chi connectivity index (χ3v) is 3.71. The van der Waals surface area contributed by atoms with Gasteiger partial charge in [-0.05, 0) is 38.5 Å². The fourth-order valence-corrected chi connectivity index (χ4v) is 2.43. The molecule has 4 nitrogen and oxygen atoms in total. The van der Waals surface area contributed by atoms with E-state index in [4.69, 9.17) is 9.47 Å². The van der Waals surface area contributed by atoms with Crippen molar-refractivity contribution in [1.82, 2.24) is 4.90 Å². The maximum absolute atomic E-state index is 12.5. The molecular formula is C16H23NO3. The van der Waals surface area contributed by atoms with E-state index in [0.29, 0.717) is 19.6 Å². The maximum atomic E-state index is 12.5. The molecule has 1 atom stereocenters. The molecule has 0 aliphatic carbocycles. The first kappa shape index (κ1) is 14.9. The molecule has 1 aliphatic heterocycles. The zero-order chi connectivity index (χ0) is 14.8. The van der Waals surface area contributed by atoms with Gasteiger partial charge < -0.3 is 14.4 Å². The van der Waals surface area contributed by atoms with Gasteiger partial charge in [0.1, 0.15) is 5.75 Å². The molecule has 0 bridgehead atoms. The van der Waals surface area contributed by atoms with Crippen molar-refractivity contribution in [2.75, 3.05) is 20.3 Å². The largest absolute Gasteiger partial charge is 0.497 e. The topological polar surface area (TPSA) is 38.8 Å². The van der Waals surface area contributed by atoms with Crippen LogP contribution >= 0.6 is 0 Å². The number of rotatable bonds is 3. The summed E-state index contributed by atoms with van der Waals surface area (Å²) in [5.41, 5.74) is 0.765. The number of hydrogen-bond acceptors (Lipinski definition) is 3. The molecule has 0 aromatic heterocycles. The van der Waals surface area contributed by atoms with Crippen LogP contribution in [-0.2, 0) is 16.0 Å². The van der Waals surface area contributed by atoms with Gasteiger partial charge in [0.2, 0.25) is 5.91 Å². The van der Waals surface area contributed by atoms with Crippen molar-refractivity contribution in [3.63, 3.8) is 0 Å². The van der Waals surface area contributed by atoms with Crippen LogP contribution in [0.5, 0.6) is 5.75 Å². The number of carbonyl (C=O) groups excluding carboxylic acids is 1. The fourth-order valence-electron chi connectivity index (χ4n) is 2.43. The van der Waals surface area contributed by atoms with Gasteiger partial charge in [-0.2, -0.15) is 0 Å². The van der Waals surface area contributed by atoms with Crippen LogP contribution in [0.25, 0.3) is 0 Å². The van der Waals surface area contributed by atoms with Crippen LogP contribution in [0.1, 0.15) is 26.3 Å². The third-order valence-electron chi connectivity index (χ3n) is 3.71. The second-order valence-corrected chi connectivity index (χ2v) is 5.96. The minimum absolute atomic E-state index is 0.0999. The summed E-state index contributed by atoms with van der Waals surface area (Å²) >= 11 is 0. The molecule has 0 radical (unpaired) electrons. The first-order chi connectivity index (χ1) is 9.42. The molecule has 1 amide bonds. The van der Waals surface area contributed by atoms with Crippen molar-refractivity contribution in [3.8, 4) is 5.75 Å². The van der Waals surface area contributed by atoms with E-state index in [0.717, 1.165) is 11.3 Å². The third kappa shape index (κ3) is 3.31. The maximum Gasteiger partial charge on any atom is 0.227 e. The number of morpholine rings is 1. The summed E-state index contributed by atoms with van der Waals surface area (Å²) in [6.45, 7) is 7.34.